The monoisotopic (exact) mass is 352 g/mol. The van der Waals surface area contributed by atoms with E-state index in [4.69, 9.17) is 4.74 Å². The third-order valence-corrected chi connectivity index (χ3v) is 2.81. The van der Waals surface area contributed by atoms with Crippen LogP contribution in [0.1, 0.15) is 40.5 Å². The second-order valence-electron chi connectivity index (χ2n) is 5.62. The number of carbonyl (C=O) groups excluding carboxylic acids is 2. The van der Waals surface area contributed by atoms with Crippen molar-refractivity contribution in [2.45, 2.75) is 64.6 Å². The Morgan fingerprint density at radius 1 is 1.00 bits per heavy atom. The Bertz CT molecular complexity index is 413. The Balaban J connectivity index is 4.89. The van der Waals surface area contributed by atoms with E-state index in [2.05, 4.69) is 4.74 Å². The summed E-state index contributed by atoms with van der Waals surface area (Å²) >= 11 is 0. The Morgan fingerprint density at radius 2 is 1.43 bits per heavy atom. The van der Waals surface area contributed by atoms with Gasteiger partial charge in [-0.15, -0.1) is 0 Å². The van der Waals surface area contributed by atoms with E-state index in [1.54, 1.807) is 6.92 Å². The Labute approximate surface area is 129 Å². The molecule has 1 atom stereocenters. The van der Waals surface area contributed by atoms with Gasteiger partial charge in [-0.25, -0.2) is 0 Å². The summed E-state index contributed by atoms with van der Waals surface area (Å²) in [5.74, 6) is -3.01. The highest BCUT2D eigenvalue weighted by Gasteiger charge is 2.60. The first-order valence-corrected chi connectivity index (χ1v) is 6.66. The third-order valence-electron chi connectivity index (χ3n) is 2.81. The summed E-state index contributed by atoms with van der Waals surface area (Å²) < 4.78 is 82.1. The maximum Gasteiger partial charge on any atom is 0.434 e. The maximum absolute atomic E-state index is 12.3. The lowest BCUT2D eigenvalue weighted by Crippen LogP contribution is -2.46. The number of carbonyl (C=O) groups is 2. The molecule has 136 valence electrons. The normalized spacial score (nSPS) is 14.6. The first-order valence-electron chi connectivity index (χ1n) is 6.66. The van der Waals surface area contributed by atoms with Gasteiger partial charge in [-0.1, -0.05) is 13.8 Å². The lowest BCUT2D eigenvalue weighted by atomic mass is 10.0. The highest BCUT2D eigenvalue weighted by Crippen LogP contribution is 2.36. The van der Waals surface area contributed by atoms with Crippen LogP contribution in [0.5, 0.6) is 0 Å². The molecule has 0 heterocycles. The van der Waals surface area contributed by atoms with Gasteiger partial charge in [0.25, 0.3) is 6.10 Å². The van der Waals surface area contributed by atoms with E-state index in [1.165, 1.54) is 20.8 Å². The Hall–Kier alpha value is -1.48. The van der Waals surface area contributed by atoms with Crippen LogP contribution >= 0.6 is 0 Å². The highest BCUT2D eigenvalue weighted by atomic mass is 19.4. The molecule has 0 bridgehead atoms. The summed E-state index contributed by atoms with van der Waals surface area (Å²) in [4.78, 5) is 22.9. The van der Waals surface area contributed by atoms with E-state index in [-0.39, 0.29) is 0 Å². The smallest absolute Gasteiger partial charge is 0.434 e. The van der Waals surface area contributed by atoms with Crippen molar-refractivity contribution in [2.24, 2.45) is 5.92 Å². The number of hydrogen-bond donors (Lipinski definition) is 0. The number of esters is 2. The van der Waals surface area contributed by atoms with Gasteiger partial charge in [0.1, 0.15) is 5.60 Å². The van der Waals surface area contributed by atoms with Crippen molar-refractivity contribution in [1.29, 1.82) is 0 Å². The van der Waals surface area contributed by atoms with Gasteiger partial charge >= 0.3 is 24.3 Å². The van der Waals surface area contributed by atoms with Crippen LogP contribution in [0.4, 0.5) is 26.3 Å². The van der Waals surface area contributed by atoms with Crippen LogP contribution in [0.3, 0.4) is 0 Å². The van der Waals surface area contributed by atoms with Gasteiger partial charge in [0, 0.05) is 0 Å². The van der Waals surface area contributed by atoms with E-state index < -0.39 is 48.3 Å². The maximum atomic E-state index is 12.3. The minimum atomic E-state index is -5.79. The Kier molecular flexibility index (Phi) is 6.92. The molecule has 0 saturated carbocycles. The summed E-state index contributed by atoms with van der Waals surface area (Å²) in [6.07, 6.45) is -16.3. The van der Waals surface area contributed by atoms with Gasteiger partial charge in [-0.2, -0.15) is 26.3 Å². The van der Waals surface area contributed by atoms with Gasteiger partial charge in [0.15, 0.2) is 0 Å². The molecule has 10 heteroatoms. The number of ether oxygens (including phenoxy) is 2. The van der Waals surface area contributed by atoms with E-state index >= 15 is 0 Å². The molecule has 0 saturated heterocycles. The van der Waals surface area contributed by atoms with Gasteiger partial charge in [-0.05, 0) is 20.3 Å². The summed E-state index contributed by atoms with van der Waals surface area (Å²) in [6, 6.07) is 0. The first kappa shape index (κ1) is 21.5. The van der Waals surface area contributed by atoms with E-state index in [0.29, 0.717) is 6.42 Å². The zero-order chi connectivity index (χ0) is 18.6. The van der Waals surface area contributed by atoms with Crippen molar-refractivity contribution < 1.29 is 45.4 Å². The summed E-state index contributed by atoms with van der Waals surface area (Å²) in [5, 5.41) is 0. The quantitative estimate of drug-likeness (QED) is 0.539. The molecule has 0 fully saturated rings. The van der Waals surface area contributed by atoms with Crippen molar-refractivity contribution >= 4 is 11.9 Å². The van der Waals surface area contributed by atoms with Crippen LogP contribution < -0.4 is 0 Å². The van der Waals surface area contributed by atoms with Crippen molar-refractivity contribution in [3.63, 3.8) is 0 Å². The predicted octanol–water partition coefficient (Wildman–Crippen LogP) is 3.78. The molecule has 0 amide bonds. The van der Waals surface area contributed by atoms with Gasteiger partial charge in [0.05, 0.1) is 12.3 Å². The Morgan fingerprint density at radius 3 is 1.78 bits per heavy atom. The zero-order valence-corrected chi connectivity index (χ0v) is 13.0. The standard InChI is InChI=1S/C13H18F6O4/c1-5-7(2)9(21)23-11(3,4)6-8(20)22-10(12(14,15)16)13(17,18)19/h7,10H,5-6H2,1-4H3. The van der Waals surface area contributed by atoms with Crippen LogP contribution in [0.25, 0.3) is 0 Å². The number of rotatable bonds is 6. The van der Waals surface area contributed by atoms with Gasteiger partial charge in [-0.3, -0.25) is 9.59 Å². The fraction of sp³-hybridized carbons (Fsp3) is 0.846. The van der Waals surface area contributed by atoms with Crippen LogP contribution in [0.2, 0.25) is 0 Å². The van der Waals surface area contributed by atoms with Crippen LogP contribution in [-0.4, -0.2) is 36.0 Å². The average molecular weight is 352 g/mol. The molecule has 0 aromatic rings. The molecule has 23 heavy (non-hydrogen) atoms. The van der Waals surface area contributed by atoms with E-state index in [1.807, 2.05) is 0 Å². The first-order chi connectivity index (χ1) is 10.1. The van der Waals surface area contributed by atoms with Crippen LogP contribution in [0, 0.1) is 5.92 Å². The van der Waals surface area contributed by atoms with Gasteiger partial charge < -0.3 is 9.47 Å². The van der Waals surface area contributed by atoms with Crippen molar-refractivity contribution in [3.05, 3.63) is 0 Å². The van der Waals surface area contributed by atoms with E-state index in [9.17, 15) is 35.9 Å². The van der Waals surface area contributed by atoms with Crippen LogP contribution in [0.15, 0.2) is 0 Å². The minimum absolute atomic E-state index is 0.420. The summed E-state index contributed by atoms with van der Waals surface area (Å²) in [5.41, 5.74) is -1.60. The third kappa shape index (κ3) is 7.56. The highest BCUT2D eigenvalue weighted by molar-refractivity contribution is 5.74. The fourth-order valence-electron chi connectivity index (χ4n) is 1.42. The molecule has 0 aromatic carbocycles. The second kappa shape index (κ2) is 7.39. The molecule has 0 radical (unpaired) electrons. The fourth-order valence-corrected chi connectivity index (χ4v) is 1.42. The lowest BCUT2D eigenvalue weighted by Gasteiger charge is -2.28. The van der Waals surface area contributed by atoms with E-state index in [0.717, 1.165) is 0 Å². The topological polar surface area (TPSA) is 52.6 Å². The number of hydrogen-bond acceptors (Lipinski definition) is 4. The average Bonchev–Trinajstić information content (AvgIpc) is 2.30. The van der Waals surface area contributed by atoms with Gasteiger partial charge in [0.2, 0.25) is 0 Å². The summed E-state index contributed by atoms with van der Waals surface area (Å²) in [7, 11) is 0. The SMILES string of the molecule is CCC(C)C(=O)OC(C)(C)CC(=O)OC(C(F)(F)F)C(F)(F)F. The lowest BCUT2D eigenvalue weighted by molar-refractivity contribution is -0.314. The summed E-state index contributed by atoms with van der Waals surface area (Å²) in [6.45, 7) is 5.58. The molecule has 0 aliphatic rings. The zero-order valence-electron chi connectivity index (χ0n) is 13.0. The molecule has 0 spiro atoms. The molecule has 0 aliphatic heterocycles. The van der Waals surface area contributed by atoms with Crippen molar-refractivity contribution in [3.8, 4) is 0 Å². The second-order valence-corrected chi connectivity index (χ2v) is 5.62. The molecular weight excluding hydrogens is 334 g/mol. The molecule has 0 aliphatic carbocycles. The minimum Gasteiger partial charge on any atom is -0.459 e. The predicted molar refractivity (Wildman–Crippen MR) is 66.2 cm³/mol. The molecule has 0 N–H and O–H groups in total. The molecule has 0 rings (SSSR count). The van der Waals surface area contributed by atoms with Crippen molar-refractivity contribution in [2.75, 3.05) is 0 Å². The largest absolute Gasteiger partial charge is 0.459 e. The number of alkyl halides is 6. The molecule has 1 unspecified atom stereocenters. The molecular formula is C13H18F6O4. The molecule has 4 nitrogen and oxygen atoms in total. The molecule has 0 aromatic heterocycles. The van der Waals surface area contributed by atoms with Crippen LogP contribution in [-0.2, 0) is 19.1 Å². The number of halogens is 6. The van der Waals surface area contributed by atoms with Crippen molar-refractivity contribution in [1.82, 2.24) is 0 Å².